The highest BCUT2D eigenvalue weighted by Crippen LogP contribution is 2.36. The Morgan fingerprint density at radius 1 is 1.05 bits per heavy atom. The summed E-state index contributed by atoms with van der Waals surface area (Å²) < 4.78 is 40.1. The summed E-state index contributed by atoms with van der Waals surface area (Å²) in [6.07, 6.45) is -4.40. The van der Waals surface area contributed by atoms with E-state index in [1.165, 1.54) is 24.3 Å². The van der Waals surface area contributed by atoms with E-state index >= 15 is 0 Å². The average molecular weight is 365 g/mol. The maximum absolute atomic E-state index is 13.2. The topological polar surface area (TPSA) is 12.0 Å². The Balaban J connectivity index is 2.31. The molecule has 0 aromatic heterocycles. The van der Waals surface area contributed by atoms with Crippen LogP contribution in [0, 0.1) is 0 Å². The van der Waals surface area contributed by atoms with Crippen LogP contribution in [0.15, 0.2) is 53.0 Å². The summed E-state index contributed by atoms with van der Waals surface area (Å²) in [5, 5.41) is 2.82. The Morgan fingerprint density at radius 3 is 2.25 bits per heavy atom. The minimum Gasteiger partial charge on any atom is -0.370 e. The number of benzene rings is 2. The Hall–Kier alpha value is -1.20. The van der Waals surface area contributed by atoms with Crippen molar-refractivity contribution in [1.29, 1.82) is 0 Å². The second-order valence-corrected chi connectivity index (χ2v) is 5.42. The molecule has 0 spiro atoms. The Bertz CT molecular complexity index is 587. The second-order valence-electron chi connectivity index (χ2n) is 4.16. The lowest BCUT2D eigenvalue weighted by molar-refractivity contribution is -0.144. The molecule has 0 heterocycles. The fourth-order valence-electron chi connectivity index (χ4n) is 1.75. The molecule has 1 N–H and O–H groups in total. The molecule has 1 unspecified atom stereocenters. The summed E-state index contributed by atoms with van der Waals surface area (Å²) in [4.78, 5) is 0. The molecule has 0 aliphatic rings. The SMILES string of the molecule is FC(F)(F)C(Nc1ccc(Br)c(Cl)c1)c1ccccc1. The van der Waals surface area contributed by atoms with Crippen molar-refractivity contribution < 1.29 is 13.2 Å². The van der Waals surface area contributed by atoms with Crippen LogP contribution in [-0.4, -0.2) is 6.18 Å². The van der Waals surface area contributed by atoms with Crippen LogP contribution in [-0.2, 0) is 0 Å². The summed E-state index contributed by atoms with van der Waals surface area (Å²) in [6.45, 7) is 0. The highest BCUT2D eigenvalue weighted by atomic mass is 79.9. The van der Waals surface area contributed by atoms with Crippen molar-refractivity contribution in [3.05, 3.63) is 63.6 Å². The van der Waals surface area contributed by atoms with Crippen molar-refractivity contribution in [3.8, 4) is 0 Å². The first-order valence-electron chi connectivity index (χ1n) is 5.71. The standard InChI is InChI=1S/C14H10BrClF3N/c15-11-7-6-10(8-12(11)16)20-13(14(17,18)19)9-4-2-1-3-5-9/h1-8,13,20H. The quantitative estimate of drug-likeness (QED) is 0.724. The molecule has 2 rings (SSSR count). The molecule has 0 radical (unpaired) electrons. The third-order valence-corrected chi connectivity index (χ3v) is 3.92. The van der Waals surface area contributed by atoms with Gasteiger partial charge in [0.15, 0.2) is 0 Å². The lowest BCUT2D eigenvalue weighted by Gasteiger charge is -2.23. The summed E-state index contributed by atoms with van der Waals surface area (Å²) in [6, 6.07) is 10.5. The predicted octanol–water partition coefficient (Wildman–Crippen LogP) is 5.82. The summed E-state index contributed by atoms with van der Waals surface area (Å²) in [7, 11) is 0. The van der Waals surface area contributed by atoms with Gasteiger partial charge in [-0.1, -0.05) is 41.9 Å². The zero-order valence-corrected chi connectivity index (χ0v) is 12.4. The molecule has 0 bridgehead atoms. The molecule has 2 aromatic rings. The van der Waals surface area contributed by atoms with Gasteiger partial charge >= 0.3 is 6.18 Å². The van der Waals surface area contributed by atoms with E-state index in [9.17, 15) is 13.2 Å². The third-order valence-electron chi connectivity index (χ3n) is 2.69. The fraction of sp³-hybridized carbons (Fsp3) is 0.143. The van der Waals surface area contributed by atoms with E-state index in [0.29, 0.717) is 15.2 Å². The fourth-order valence-corrected chi connectivity index (χ4v) is 2.18. The van der Waals surface area contributed by atoms with Gasteiger partial charge in [-0.2, -0.15) is 13.2 Å². The van der Waals surface area contributed by atoms with Gasteiger partial charge in [-0.3, -0.25) is 0 Å². The van der Waals surface area contributed by atoms with E-state index in [1.54, 1.807) is 24.3 Å². The van der Waals surface area contributed by atoms with Crippen LogP contribution in [0.1, 0.15) is 11.6 Å². The van der Waals surface area contributed by atoms with Gasteiger partial charge in [-0.05, 0) is 39.7 Å². The van der Waals surface area contributed by atoms with E-state index in [4.69, 9.17) is 11.6 Å². The zero-order valence-electron chi connectivity index (χ0n) is 10.1. The second kappa shape index (κ2) is 6.06. The minimum atomic E-state index is -4.40. The Labute approximate surface area is 127 Å². The van der Waals surface area contributed by atoms with Gasteiger partial charge in [-0.25, -0.2) is 0 Å². The van der Waals surface area contributed by atoms with Crippen molar-refractivity contribution >= 4 is 33.2 Å². The van der Waals surface area contributed by atoms with Crippen LogP contribution in [0.4, 0.5) is 18.9 Å². The normalized spacial score (nSPS) is 13.1. The minimum absolute atomic E-state index is 0.152. The van der Waals surface area contributed by atoms with E-state index in [0.717, 1.165) is 0 Å². The molecule has 0 saturated carbocycles. The molecule has 0 aliphatic carbocycles. The van der Waals surface area contributed by atoms with Crippen molar-refractivity contribution in [2.24, 2.45) is 0 Å². The summed E-state index contributed by atoms with van der Waals surface area (Å²) in [5.41, 5.74) is 0.461. The molecule has 2 aromatic carbocycles. The van der Waals surface area contributed by atoms with Gasteiger partial charge in [0.05, 0.1) is 5.02 Å². The maximum atomic E-state index is 13.2. The van der Waals surface area contributed by atoms with Crippen LogP contribution in [0.25, 0.3) is 0 Å². The number of nitrogens with one attached hydrogen (secondary N) is 1. The van der Waals surface area contributed by atoms with Gasteiger partial charge in [0.25, 0.3) is 0 Å². The van der Waals surface area contributed by atoms with Crippen LogP contribution >= 0.6 is 27.5 Å². The first kappa shape index (κ1) is 15.2. The highest BCUT2D eigenvalue weighted by Gasteiger charge is 2.40. The van der Waals surface area contributed by atoms with Gasteiger partial charge in [-0.15, -0.1) is 0 Å². The predicted molar refractivity (Wildman–Crippen MR) is 78.0 cm³/mol. The molecule has 1 nitrogen and oxygen atoms in total. The van der Waals surface area contributed by atoms with Crippen molar-refractivity contribution in [2.75, 3.05) is 5.32 Å². The van der Waals surface area contributed by atoms with Gasteiger partial charge in [0, 0.05) is 10.2 Å². The van der Waals surface area contributed by atoms with Crippen molar-refractivity contribution in [3.63, 3.8) is 0 Å². The van der Waals surface area contributed by atoms with Gasteiger partial charge in [0.1, 0.15) is 6.04 Å². The number of hydrogen-bond acceptors (Lipinski definition) is 1. The monoisotopic (exact) mass is 363 g/mol. The first-order chi connectivity index (χ1) is 9.38. The molecule has 0 fully saturated rings. The Kier molecular flexibility index (Phi) is 4.60. The molecular formula is C14H10BrClF3N. The molecule has 0 aliphatic heterocycles. The highest BCUT2D eigenvalue weighted by molar-refractivity contribution is 9.10. The number of hydrogen-bond donors (Lipinski definition) is 1. The van der Waals surface area contributed by atoms with Crippen LogP contribution < -0.4 is 5.32 Å². The number of rotatable bonds is 3. The molecule has 20 heavy (non-hydrogen) atoms. The van der Waals surface area contributed by atoms with E-state index in [1.807, 2.05) is 0 Å². The number of anilines is 1. The lowest BCUT2D eigenvalue weighted by Crippen LogP contribution is -2.27. The average Bonchev–Trinajstić information content (AvgIpc) is 2.39. The van der Waals surface area contributed by atoms with Crippen LogP contribution in [0.3, 0.4) is 0 Å². The van der Waals surface area contributed by atoms with Crippen LogP contribution in [0.2, 0.25) is 5.02 Å². The van der Waals surface area contributed by atoms with Gasteiger partial charge in [0.2, 0.25) is 0 Å². The van der Waals surface area contributed by atoms with Crippen molar-refractivity contribution in [2.45, 2.75) is 12.2 Å². The van der Waals surface area contributed by atoms with E-state index in [-0.39, 0.29) is 5.56 Å². The van der Waals surface area contributed by atoms with E-state index in [2.05, 4.69) is 21.2 Å². The summed E-state index contributed by atoms with van der Waals surface area (Å²) >= 11 is 9.09. The first-order valence-corrected chi connectivity index (χ1v) is 6.88. The largest absolute Gasteiger partial charge is 0.412 e. The van der Waals surface area contributed by atoms with Gasteiger partial charge < -0.3 is 5.32 Å². The zero-order chi connectivity index (χ0) is 14.8. The smallest absolute Gasteiger partial charge is 0.370 e. The Morgan fingerprint density at radius 2 is 1.70 bits per heavy atom. The lowest BCUT2D eigenvalue weighted by atomic mass is 10.1. The summed E-state index contributed by atoms with van der Waals surface area (Å²) in [5.74, 6) is 0. The molecule has 106 valence electrons. The molecule has 6 heteroatoms. The molecule has 0 saturated heterocycles. The van der Waals surface area contributed by atoms with Crippen molar-refractivity contribution in [1.82, 2.24) is 0 Å². The number of halogens is 5. The van der Waals surface area contributed by atoms with E-state index < -0.39 is 12.2 Å². The third kappa shape index (κ3) is 3.67. The van der Waals surface area contributed by atoms with Crippen LogP contribution in [0.5, 0.6) is 0 Å². The maximum Gasteiger partial charge on any atom is 0.412 e. The molecule has 1 atom stereocenters. The number of alkyl halides is 3. The molecular weight excluding hydrogens is 355 g/mol. The molecule has 0 amide bonds.